The molecule has 0 atom stereocenters. The maximum absolute atomic E-state index is 6.26. The van der Waals surface area contributed by atoms with Crippen LogP contribution in [0.1, 0.15) is 0 Å². The van der Waals surface area contributed by atoms with Crippen molar-refractivity contribution < 1.29 is 9.15 Å². The van der Waals surface area contributed by atoms with Crippen molar-refractivity contribution in [2.24, 2.45) is 0 Å². The number of hydrogen-bond donors (Lipinski definition) is 0. The van der Waals surface area contributed by atoms with Crippen molar-refractivity contribution in [2.75, 3.05) is 0 Å². The second-order valence-electron chi connectivity index (χ2n) is 11.3. The van der Waals surface area contributed by atoms with E-state index in [1.54, 1.807) is 0 Å². The molecule has 200 valence electrons. The largest absolute Gasteiger partial charge is 0.456 e. The molecule has 0 radical (unpaired) electrons. The Morgan fingerprint density at radius 3 is 2.00 bits per heavy atom. The number of hydrogen-bond acceptors (Lipinski definition) is 3. The molecule has 2 nitrogen and oxygen atoms in total. The highest BCUT2D eigenvalue weighted by Crippen LogP contribution is 2.48. The van der Waals surface area contributed by atoms with E-state index >= 15 is 0 Å². The summed E-state index contributed by atoms with van der Waals surface area (Å²) in [4.78, 5) is 0. The van der Waals surface area contributed by atoms with Gasteiger partial charge in [0.05, 0.1) is 0 Å². The van der Waals surface area contributed by atoms with Gasteiger partial charge in [0.1, 0.15) is 22.7 Å². The zero-order chi connectivity index (χ0) is 28.1. The van der Waals surface area contributed by atoms with Gasteiger partial charge in [-0.2, -0.15) is 0 Å². The summed E-state index contributed by atoms with van der Waals surface area (Å²) in [6, 6.07) is 47.8. The van der Waals surface area contributed by atoms with Crippen LogP contribution < -0.4 is 4.74 Å². The van der Waals surface area contributed by atoms with Crippen LogP contribution in [-0.4, -0.2) is 0 Å². The molecule has 0 unspecified atom stereocenters. The highest BCUT2D eigenvalue weighted by atomic mass is 32.1. The Hall–Kier alpha value is -5.38. The summed E-state index contributed by atoms with van der Waals surface area (Å²) < 4.78 is 14.9. The van der Waals surface area contributed by atoms with Crippen molar-refractivity contribution in [3.8, 4) is 44.9 Å². The van der Waals surface area contributed by atoms with Gasteiger partial charge >= 0.3 is 0 Å². The fourth-order valence-corrected chi connectivity index (χ4v) is 7.98. The fraction of sp³-hybridized carbons (Fsp3) is 0. The zero-order valence-corrected chi connectivity index (χ0v) is 23.7. The first-order valence-electron chi connectivity index (χ1n) is 14.5. The van der Waals surface area contributed by atoms with E-state index in [0.29, 0.717) is 0 Å². The van der Waals surface area contributed by atoms with Crippen LogP contribution in [0.15, 0.2) is 138 Å². The van der Waals surface area contributed by atoms with Gasteiger partial charge in [-0.15, -0.1) is 11.3 Å². The van der Waals surface area contributed by atoms with E-state index in [1.165, 1.54) is 58.8 Å². The van der Waals surface area contributed by atoms with Crippen molar-refractivity contribution in [3.05, 3.63) is 133 Å². The van der Waals surface area contributed by atoms with E-state index in [1.807, 2.05) is 29.5 Å². The first-order valence-corrected chi connectivity index (χ1v) is 15.3. The molecule has 9 aromatic rings. The molecule has 3 heterocycles. The van der Waals surface area contributed by atoms with Gasteiger partial charge in [-0.25, -0.2) is 0 Å². The van der Waals surface area contributed by atoms with Gasteiger partial charge in [-0.3, -0.25) is 0 Å². The minimum absolute atomic E-state index is 0.913. The molecule has 7 aromatic carbocycles. The van der Waals surface area contributed by atoms with E-state index in [9.17, 15) is 0 Å². The van der Waals surface area contributed by atoms with Crippen molar-refractivity contribution in [1.82, 2.24) is 0 Å². The van der Waals surface area contributed by atoms with Gasteiger partial charge in [-0.05, 0) is 87.8 Å². The van der Waals surface area contributed by atoms with Crippen LogP contribution in [0.25, 0.3) is 86.3 Å². The molecule has 0 fully saturated rings. The lowest BCUT2D eigenvalue weighted by Gasteiger charge is -2.22. The molecular weight excluding hydrogens is 545 g/mol. The lowest BCUT2D eigenvalue weighted by atomic mass is 9.90. The maximum Gasteiger partial charge on any atom is 0.135 e. The van der Waals surface area contributed by atoms with Crippen molar-refractivity contribution in [3.63, 3.8) is 0 Å². The van der Waals surface area contributed by atoms with E-state index < -0.39 is 0 Å². The van der Waals surface area contributed by atoms with Gasteiger partial charge in [0.25, 0.3) is 0 Å². The molecular formula is C40H22O2S. The molecule has 0 aliphatic carbocycles. The number of ether oxygens (including phenoxy) is 1. The van der Waals surface area contributed by atoms with E-state index in [2.05, 4.69) is 115 Å². The summed E-state index contributed by atoms with van der Waals surface area (Å²) in [6.07, 6.45) is 0. The van der Waals surface area contributed by atoms with Crippen molar-refractivity contribution >= 4 is 64.2 Å². The standard InChI is InChI=1S/C40H22O2S/c1-3-9-34-28(7-1)32-19-23(14-17-36(32)41-34)24-12-15-30-31-16-13-25(22-39(31)43-38(30)21-24)27-18-26-6-5-11-37-40(26)33(20-27)29-8-2-4-10-35(29)42-37/h1-22H. The van der Waals surface area contributed by atoms with Crippen LogP contribution in [0, 0.1) is 0 Å². The van der Waals surface area contributed by atoms with E-state index in [0.717, 1.165) is 39.0 Å². The summed E-state index contributed by atoms with van der Waals surface area (Å²) in [6.45, 7) is 0. The molecule has 0 saturated heterocycles. The van der Waals surface area contributed by atoms with E-state index in [-0.39, 0.29) is 0 Å². The van der Waals surface area contributed by atoms with E-state index in [4.69, 9.17) is 9.15 Å². The number of furan rings is 1. The lowest BCUT2D eigenvalue weighted by molar-refractivity contribution is 0.487. The summed E-state index contributed by atoms with van der Waals surface area (Å²) >= 11 is 1.86. The molecule has 10 rings (SSSR count). The Morgan fingerprint density at radius 2 is 1.12 bits per heavy atom. The highest BCUT2D eigenvalue weighted by Gasteiger charge is 2.21. The average molecular weight is 567 g/mol. The Bertz CT molecular complexity index is 2600. The summed E-state index contributed by atoms with van der Waals surface area (Å²) in [5, 5.41) is 7.30. The highest BCUT2D eigenvalue weighted by molar-refractivity contribution is 7.25. The van der Waals surface area contributed by atoms with Gasteiger partial charge in [-0.1, -0.05) is 78.9 Å². The van der Waals surface area contributed by atoms with Crippen LogP contribution in [0.4, 0.5) is 0 Å². The molecule has 43 heavy (non-hydrogen) atoms. The zero-order valence-electron chi connectivity index (χ0n) is 22.9. The Labute approximate surface area is 251 Å². The Morgan fingerprint density at radius 1 is 0.419 bits per heavy atom. The topological polar surface area (TPSA) is 22.4 Å². The molecule has 1 aliphatic heterocycles. The van der Waals surface area contributed by atoms with Gasteiger partial charge < -0.3 is 9.15 Å². The number of rotatable bonds is 2. The SMILES string of the molecule is c1ccc2c(c1)Oc1cccc3cc(-c4ccc5c(c4)sc4cc(-c6ccc7oc8ccccc8c7c6)ccc45)cc-2c13. The molecule has 1 aliphatic rings. The normalized spacial score (nSPS) is 12.4. The third kappa shape index (κ3) is 3.40. The van der Waals surface area contributed by atoms with Crippen LogP contribution in [0.3, 0.4) is 0 Å². The monoisotopic (exact) mass is 566 g/mol. The second kappa shape index (κ2) is 8.57. The first kappa shape index (κ1) is 23.2. The average Bonchev–Trinajstić information content (AvgIpc) is 3.61. The second-order valence-corrected chi connectivity index (χ2v) is 12.4. The van der Waals surface area contributed by atoms with Gasteiger partial charge in [0.2, 0.25) is 0 Å². The smallest absolute Gasteiger partial charge is 0.135 e. The number of benzene rings is 7. The summed E-state index contributed by atoms with van der Waals surface area (Å²) in [7, 11) is 0. The third-order valence-electron chi connectivity index (χ3n) is 8.85. The fourth-order valence-electron chi connectivity index (χ4n) is 6.80. The summed E-state index contributed by atoms with van der Waals surface area (Å²) in [5.74, 6) is 1.84. The molecule has 0 saturated carbocycles. The van der Waals surface area contributed by atoms with Gasteiger partial charge in [0, 0.05) is 41.9 Å². The minimum atomic E-state index is 0.913. The Kier molecular flexibility index (Phi) is 4.63. The molecule has 2 aromatic heterocycles. The number of fused-ring (bicyclic) bond motifs is 8. The van der Waals surface area contributed by atoms with Crippen molar-refractivity contribution in [2.45, 2.75) is 0 Å². The molecule has 0 N–H and O–H groups in total. The van der Waals surface area contributed by atoms with Crippen LogP contribution >= 0.6 is 11.3 Å². The van der Waals surface area contributed by atoms with Gasteiger partial charge in [0.15, 0.2) is 0 Å². The van der Waals surface area contributed by atoms with Crippen LogP contribution in [0.5, 0.6) is 11.5 Å². The minimum Gasteiger partial charge on any atom is -0.456 e. The quantitative estimate of drug-likeness (QED) is 0.208. The first-order chi connectivity index (χ1) is 21.3. The predicted molar refractivity (Wildman–Crippen MR) is 180 cm³/mol. The summed E-state index contributed by atoms with van der Waals surface area (Å²) in [5.41, 5.74) is 9.10. The third-order valence-corrected chi connectivity index (χ3v) is 9.97. The number of thiophene rings is 1. The number of para-hydroxylation sites is 2. The maximum atomic E-state index is 6.26. The van der Waals surface area contributed by atoms with Crippen LogP contribution in [0.2, 0.25) is 0 Å². The molecule has 0 bridgehead atoms. The van der Waals surface area contributed by atoms with Crippen LogP contribution in [-0.2, 0) is 0 Å². The molecule has 0 spiro atoms. The molecule has 0 amide bonds. The van der Waals surface area contributed by atoms with Crippen molar-refractivity contribution in [1.29, 1.82) is 0 Å². The Balaban J connectivity index is 1.10. The predicted octanol–water partition coefficient (Wildman–Crippen LogP) is 12.2. The lowest BCUT2D eigenvalue weighted by Crippen LogP contribution is -1.97. The molecule has 3 heteroatoms.